The fourth-order valence-corrected chi connectivity index (χ4v) is 3.51. The van der Waals surface area contributed by atoms with Crippen LogP contribution in [0.3, 0.4) is 0 Å². The van der Waals surface area contributed by atoms with E-state index in [0.717, 1.165) is 29.9 Å². The van der Waals surface area contributed by atoms with E-state index in [-0.39, 0.29) is 0 Å². The van der Waals surface area contributed by atoms with Crippen molar-refractivity contribution >= 4 is 29.8 Å². The zero-order chi connectivity index (χ0) is 24.0. The van der Waals surface area contributed by atoms with E-state index in [9.17, 15) is 4.79 Å². The van der Waals surface area contributed by atoms with Gasteiger partial charge >= 0.3 is 0 Å². The number of hydrazone groups is 1. The smallest absolute Gasteiger partial charge is 0.289 e. The van der Waals surface area contributed by atoms with Gasteiger partial charge in [0.15, 0.2) is 0 Å². The second-order valence-corrected chi connectivity index (χ2v) is 8.38. The van der Waals surface area contributed by atoms with Gasteiger partial charge in [-0.2, -0.15) is 10.2 Å². The molecule has 0 saturated carbocycles. The number of hydrogen-bond donors (Lipinski definition) is 2. The molecule has 0 saturated heterocycles. The number of H-pyrrole nitrogens is 1. The highest BCUT2D eigenvalue weighted by molar-refractivity contribution is 6.41. The fourth-order valence-electron chi connectivity index (χ4n) is 3.34. The van der Waals surface area contributed by atoms with Gasteiger partial charge in [0.1, 0.15) is 11.4 Å². The Bertz CT molecular complexity index is 1080. The standard InChI is InChI=1S/C27H31ClN4O2/c1-2-3-4-5-6-10-17-34-24-15-13-22(14-16-24)25-19-26(31-30-25)27(33)32-29-20-23(28)18-21-11-8-7-9-12-21/h7-9,11-16,18-20H,2-6,10,17H2,1H3,(H,30,31)(H,32,33)/b23-18-,29-20+. The summed E-state index contributed by atoms with van der Waals surface area (Å²) in [5.41, 5.74) is 5.25. The number of unbranched alkanes of at least 4 members (excludes halogenated alkanes) is 5. The van der Waals surface area contributed by atoms with Crippen LogP contribution >= 0.6 is 11.6 Å². The number of nitrogens with one attached hydrogen (secondary N) is 2. The van der Waals surface area contributed by atoms with Crippen LogP contribution < -0.4 is 10.2 Å². The average molecular weight is 479 g/mol. The van der Waals surface area contributed by atoms with Crippen molar-refractivity contribution in [2.45, 2.75) is 45.4 Å². The predicted octanol–water partition coefficient (Wildman–Crippen LogP) is 6.81. The molecule has 1 heterocycles. The van der Waals surface area contributed by atoms with Crippen molar-refractivity contribution in [1.29, 1.82) is 0 Å². The van der Waals surface area contributed by atoms with Gasteiger partial charge in [0, 0.05) is 5.56 Å². The minimum atomic E-state index is -0.405. The lowest BCUT2D eigenvalue weighted by Crippen LogP contribution is -2.17. The number of nitrogens with zero attached hydrogens (tertiary/aromatic N) is 2. The summed E-state index contributed by atoms with van der Waals surface area (Å²) in [6.07, 6.45) is 10.6. The van der Waals surface area contributed by atoms with E-state index in [2.05, 4.69) is 27.6 Å². The van der Waals surface area contributed by atoms with Gasteiger partial charge in [-0.1, -0.05) is 81.0 Å². The van der Waals surface area contributed by atoms with Crippen LogP contribution in [0, 0.1) is 0 Å². The Hall–Kier alpha value is -3.38. The largest absolute Gasteiger partial charge is 0.494 e. The third-order valence-corrected chi connectivity index (χ3v) is 5.40. The first-order chi connectivity index (χ1) is 16.7. The van der Waals surface area contributed by atoms with Gasteiger partial charge in [-0.15, -0.1) is 0 Å². The molecule has 0 bridgehead atoms. The molecular weight excluding hydrogens is 448 g/mol. The second-order valence-electron chi connectivity index (χ2n) is 7.95. The summed E-state index contributed by atoms with van der Waals surface area (Å²) in [6, 6.07) is 19.0. The monoisotopic (exact) mass is 478 g/mol. The van der Waals surface area contributed by atoms with Crippen LogP contribution in [0.4, 0.5) is 0 Å². The minimum absolute atomic E-state index is 0.304. The highest BCUT2D eigenvalue weighted by Crippen LogP contribution is 2.21. The number of ether oxygens (including phenoxy) is 1. The average Bonchev–Trinajstić information content (AvgIpc) is 3.35. The lowest BCUT2D eigenvalue weighted by atomic mass is 10.1. The molecule has 178 valence electrons. The number of benzene rings is 2. The van der Waals surface area contributed by atoms with E-state index in [0.29, 0.717) is 16.4 Å². The van der Waals surface area contributed by atoms with Crippen molar-refractivity contribution in [2.24, 2.45) is 5.10 Å². The maximum atomic E-state index is 12.3. The second kappa shape index (κ2) is 14.0. The molecule has 1 aromatic heterocycles. The molecule has 0 fully saturated rings. The Morgan fingerprint density at radius 1 is 1.06 bits per heavy atom. The first kappa shape index (κ1) is 25.2. The van der Waals surface area contributed by atoms with Crippen molar-refractivity contribution < 1.29 is 9.53 Å². The van der Waals surface area contributed by atoms with Gasteiger partial charge in [-0.05, 0) is 48.4 Å². The van der Waals surface area contributed by atoms with Crippen LogP contribution in [0.1, 0.15) is 61.5 Å². The molecule has 0 aliphatic carbocycles. The zero-order valence-corrected chi connectivity index (χ0v) is 20.2. The molecule has 0 radical (unpaired) electrons. The number of halogens is 1. The summed E-state index contributed by atoms with van der Waals surface area (Å²) in [6.45, 7) is 2.95. The first-order valence-corrected chi connectivity index (χ1v) is 12.1. The molecule has 34 heavy (non-hydrogen) atoms. The summed E-state index contributed by atoms with van der Waals surface area (Å²) in [5, 5.41) is 11.3. The van der Waals surface area contributed by atoms with Gasteiger partial charge < -0.3 is 4.74 Å². The van der Waals surface area contributed by atoms with Gasteiger partial charge in [0.05, 0.1) is 23.5 Å². The minimum Gasteiger partial charge on any atom is -0.494 e. The van der Waals surface area contributed by atoms with Crippen LogP contribution in [0.5, 0.6) is 5.75 Å². The van der Waals surface area contributed by atoms with E-state index in [1.54, 1.807) is 12.1 Å². The van der Waals surface area contributed by atoms with E-state index in [1.165, 1.54) is 38.3 Å². The van der Waals surface area contributed by atoms with E-state index < -0.39 is 5.91 Å². The number of aromatic nitrogens is 2. The predicted molar refractivity (Wildman–Crippen MR) is 139 cm³/mol. The number of amides is 1. The van der Waals surface area contributed by atoms with Crippen LogP contribution in [0.25, 0.3) is 17.3 Å². The van der Waals surface area contributed by atoms with Crippen molar-refractivity contribution in [2.75, 3.05) is 6.61 Å². The normalized spacial score (nSPS) is 11.6. The molecular formula is C27H31ClN4O2. The summed E-state index contributed by atoms with van der Waals surface area (Å²) < 4.78 is 5.82. The van der Waals surface area contributed by atoms with Gasteiger partial charge in [0.2, 0.25) is 0 Å². The fraction of sp³-hybridized carbons (Fsp3) is 0.296. The number of hydrogen-bond acceptors (Lipinski definition) is 4. The topological polar surface area (TPSA) is 79.4 Å². The molecule has 0 aliphatic heterocycles. The number of rotatable bonds is 13. The number of carbonyl (C=O) groups excluding carboxylic acids is 1. The highest BCUT2D eigenvalue weighted by Gasteiger charge is 2.10. The van der Waals surface area contributed by atoms with Crippen molar-refractivity contribution in [3.63, 3.8) is 0 Å². The molecule has 2 N–H and O–H groups in total. The molecule has 2 aromatic carbocycles. The zero-order valence-electron chi connectivity index (χ0n) is 19.5. The van der Waals surface area contributed by atoms with Gasteiger partial charge in [-0.25, -0.2) is 5.43 Å². The molecule has 0 atom stereocenters. The molecule has 6 nitrogen and oxygen atoms in total. The van der Waals surface area contributed by atoms with E-state index in [1.807, 2.05) is 54.6 Å². The number of allylic oxidation sites excluding steroid dienone is 1. The number of carbonyl (C=O) groups is 1. The Morgan fingerprint density at radius 2 is 1.79 bits per heavy atom. The van der Waals surface area contributed by atoms with E-state index in [4.69, 9.17) is 16.3 Å². The quantitative estimate of drug-likeness (QED) is 0.161. The van der Waals surface area contributed by atoms with Crippen LogP contribution in [-0.4, -0.2) is 28.9 Å². The van der Waals surface area contributed by atoms with Crippen molar-refractivity contribution in [1.82, 2.24) is 15.6 Å². The maximum Gasteiger partial charge on any atom is 0.289 e. The van der Waals surface area contributed by atoms with Gasteiger partial charge in [0.25, 0.3) is 5.91 Å². The van der Waals surface area contributed by atoms with Crippen LogP contribution in [0.15, 0.2) is 70.8 Å². The van der Waals surface area contributed by atoms with Gasteiger partial charge in [-0.3, -0.25) is 9.89 Å². The molecule has 0 spiro atoms. The third kappa shape index (κ3) is 8.52. The molecule has 0 unspecified atom stereocenters. The summed E-state index contributed by atoms with van der Waals surface area (Å²) in [5.74, 6) is 0.429. The summed E-state index contributed by atoms with van der Waals surface area (Å²) >= 11 is 6.14. The summed E-state index contributed by atoms with van der Waals surface area (Å²) in [4.78, 5) is 12.3. The summed E-state index contributed by atoms with van der Waals surface area (Å²) in [7, 11) is 0. The molecule has 7 heteroatoms. The Balaban J connectivity index is 1.45. The third-order valence-electron chi connectivity index (χ3n) is 5.20. The molecule has 1 amide bonds. The molecule has 3 aromatic rings. The van der Waals surface area contributed by atoms with Crippen molar-refractivity contribution in [3.05, 3.63) is 77.0 Å². The number of aromatic amines is 1. The van der Waals surface area contributed by atoms with Crippen LogP contribution in [0.2, 0.25) is 0 Å². The first-order valence-electron chi connectivity index (χ1n) is 11.7. The van der Waals surface area contributed by atoms with Crippen molar-refractivity contribution in [3.8, 4) is 17.0 Å². The Morgan fingerprint density at radius 3 is 2.56 bits per heavy atom. The molecule has 3 rings (SSSR count). The van der Waals surface area contributed by atoms with Crippen LogP contribution in [-0.2, 0) is 0 Å². The molecule has 0 aliphatic rings. The highest BCUT2D eigenvalue weighted by atomic mass is 35.5. The Kier molecular flexibility index (Phi) is 10.4. The lowest BCUT2D eigenvalue weighted by Gasteiger charge is -2.06. The Labute approximate surface area is 206 Å². The SMILES string of the molecule is CCCCCCCCOc1ccc(-c2cc(C(=O)N/N=C/C(Cl)=C/c3ccccc3)[nH]n2)cc1. The maximum absolute atomic E-state index is 12.3. The van der Waals surface area contributed by atoms with E-state index >= 15 is 0 Å². The lowest BCUT2D eigenvalue weighted by molar-refractivity contribution is 0.0950.